The molecule has 0 heterocycles. The Morgan fingerprint density at radius 3 is 2.69 bits per heavy atom. The molecule has 0 spiro atoms. The minimum atomic E-state index is -3.33. The third-order valence-electron chi connectivity index (χ3n) is 4.79. The molecular weight excluding hydrogens is 375 g/mol. The van der Waals surface area contributed by atoms with Gasteiger partial charge >= 0.3 is 0 Å². The number of hydrogen-bond acceptors (Lipinski definition) is 3. The summed E-state index contributed by atoms with van der Waals surface area (Å²) in [7, 11) is -3.33. The Kier molecular flexibility index (Phi) is 5.58. The van der Waals surface area contributed by atoms with Crippen LogP contribution in [-0.2, 0) is 16.3 Å². The molecule has 140 valence electrons. The van der Waals surface area contributed by atoms with Crippen LogP contribution >= 0.6 is 11.6 Å². The third-order valence-corrected chi connectivity index (χ3v) is 6.17. The number of benzene rings is 2. The van der Waals surface area contributed by atoms with Gasteiger partial charge in [0, 0.05) is 17.3 Å². The normalized spacial score (nSPS) is 16.5. The summed E-state index contributed by atoms with van der Waals surface area (Å²) in [5.41, 5.74) is 1.79. The van der Waals surface area contributed by atoms with Gasteiger partial charge in [-0.2, -0.15) is 0 Å². The second-order valence-corrected chi connectivity index (χ2v) is 9.23. The van der Waals surface area contributed by atoms with Crippen LogP contribution in [0.4, 0.5) is 4.39 Å². The van der Waals surface area contributed by atoms with Crippen molar-refractivity contribution in [2.24, 2.45) is 0 Å². The molecular formula is C20H22ClFO3S. The first-order valence-electron chi connectivity index (χ1n) is 8.79. The Morgan fingerprint density at radius 1 is 1.27 bits per heavy atom. The summed E-state index contributed by atoms with van der Waals surface area (Å²) in [6.07, 6.45) is 5.98. The van der Waals surface area contributed by atoms with E-state index in [-0.39, 0.29) is 10.9 Å². The van der Waals surface area contributed by atoms with Crippen molar-refractivity contribution in [1.82, 2.24) is 0 Å². The Bertz CT molecular complexity index is 905. The number of ether oxygens (including phenoxy) is 1. The van der Waals surface area contributed by atoms with Crippen LogP contribution in [0.15, 0.2) is 35.2 Å². The van der Waals surface area contributed by atoms with E-state index in [4.69, 9.17) is 16.3 Å². The number of sulfone groups is 1. The SMILES string of the molecule is CCCCC1CCc2c(Oc3cc(F)cc(Cl)c3)ccc(S(C)(=O)=O)c21. The first kappa shape index (κ1) is 19.2. The maximum absolute atomic E-state index is 13.6. The summed E-state index contributed by atoms with van der Waals surface area (Å²) in [6.45, 7) is 2.13. The van der Waals surface area contributed by atoms with Crippen LogP contribution in [0.25, 0.3) is 0 Å². The first-order chi connectivity index (χ1) is 12.3. The molecule has 3 rings (SSSR count). The molecule has 1 unspecified atom stereocenters. The maximum atomic E-state index is 13.6. The molecule has 0 aliphatic heterocycles. The topological polar surface area (TPSA) is 43.4 Å². The molecule has 0 fully saturated rings. The largest absolute Gasteiger partial charge is 0.457 e. The van der Waals surface area contributed by atoms with Gasteiger partial charge in [0.2, 0.25) is 0 Å². The average Bonchev–Trinajstić information content (AvgIpc) is 2.95. The van der Waals surface area contributed by atoms with E-state index in [1.165, 1.54) is 18.4 Å². The van der Waals surface area contributed by atoms with E-state index in [1.807, 2.05) is 0 Å². The fourth-order valence-corrected chi connectivity index (χ4v) is 4.88. The van der Waals surface area contributed by atoms with Crippen LogP contribution in [0.2, 0.25) is 5.02 Å². The van der Waals surface area contributed by atoms with E-state index < -0.39 is 15.7 Å². The maximum Gasteiger partial charge on any atom is 0.175 e. The molecule has 6 heteroatoms. The molecule has 0 aromatic heterocycles. The van der Waals surface area contributed by atoms with E-state index in [2.05, 4.69) is 6.92 Å². The standard InChI is InChI=1S/C20H22ClFO3S/c1-3-4-5-13-6-7-17-18(8-9-19(20(13)17)26(2,23)24)25-16-11-14(21)10-15(22)12-16/h8-13H,3-7H2,1-2H3. The Hall–Kier alpha value is -1.59. The highest BCUT2D eigenvalue weighted by atomic mass is 35.5. The number of unbranched alkanes of at least 4 members (excludes halogenated alkanes) is 1. The van der Waals surface area contributed by atoms with Gasteiger partial charge in [-0.1, -0.05) is 31.4 Å². The molecule has 0 radical (unpaired) electrons. The fourth-order valence-electron chi connectivity index (χ4n) is 3.66. The van der Waals surface area contributed by atoms with Crippen LogP contribution in [0.3, 0.4) is 0 Å². The van der Waals surface area contributed by atoms with E-state index in [0.717, 1.165) is 43.2 Å². The van der Waals surface area contributed by atoms with Crippen LogP contribution in [-0.4, -0.2) is 14.7 Å². The average molecular weight is 397 g/mol. The molecule has 0 bridgehead atoms. The highest BCUT2D eigenvalue weighted by Crippen LogP contribution is 2.45. The lowest BCUT2D eigenvalue weighted by atomic mass is 9.95. The zero-order valence-electron chi connectivity index (χ0n) is 14.9. The second-order valence-electron chi connectivity index (χ2n) is 6.81. The molecule has 1 aliphatic rings. The highest BCUT2D eigenvalue weighted by Gasteiger charge is 2.31. The fraction of sp³-hybridized carbons (Fsp3) is 0.400. The van der Waals surface area contributed by atoms with Crippen LogP contribution in [0.5, 0.6) is 11.5 Å². The number of hydrogen-bond donors (Lipinski definition) is 0. The molecule has 0 amide bonds. The number of fused-ring (bicyclic) bond motifs is 1. The van der Waals surface area contributed by atoms with Gasteiger partial charge in [0.15, 0.2) is 9.84 Å². The van der Waals surface area contributed by atoms with Gasteiger partial charge < -0.3 is 4.74 Å². The minimum absolute atomic E-state index is 0.217. The van der Waals surface area contributed by atoms with Crippen molar-refractivity contribution in [1.29, 1.82) is 0 Å². The summed E-state index contributed by atoms with van der Waals surface area (Å²) in [5.74, 6) is 0.626. The van der Waals surface area contributed by atoms with Crippen molar-refractivity contribution in [3.63, 3.8) is 0 Å². The Morgan fingerprint density at radius 2 is 2.04 bits per heavy atom. The molecule has 2 aromatic rings. The molecule has 1 atom stereocenters. The Balaban J connectivity index is 2.05. The lowest BCUT2D eigenvalue weighted by Gasteiger charge is -2.17. The second kappa shape index (κ2) is 7.57. The van der Waals surface area contributed by atoms with Crippen molar-refractivity contribution in [2.45, 2.75) is 49.8 Å². The zero-order chi connectivity index (χ0) is 18.9. The summed E-state index contributed by atoms with van der Waals surface area (Å²) in [4.78, 5) is 0.385. The predicted octanol–water partition coefficient (Wildman–Crippen LogP) is 5.89. The highest BCUT2D eigenvalue weighted by molar-refractivity contribution is 7.90. The Labute approximate surface area is 159 Å². The minimum Gasteiger partial charge on any atom is -0.457 e. The molecule has 1 aliphatic carbocycles. The van der Waals surface area contributed by atoms with Crippen LogP contribution < -0.4 is 4.74 Å². The smallest absolute Gasteiger partial charge is 0.175 e. The van der Waals surface area contributed by atoms with Gasteiger partial charge in [-0.05, 0) is 60.6 Å². The van der Waals surface area contributed by atoms with E-state index >= 15 is 0 Å². The summed E-state index contributed by atoms with van der Waals surface area (Å²) >= 11 is 5.90. The van der Waals surface area contributed by atoms with Crippen LogP contribution in [0.1, 0.15) is 49.7 Å². The van der Waals surface area contributed by atoms with Crippen molar-refractivity contribution < 1.29 is 17.5 Å². The molecule has 0 saturated heterocycles. The predicted molar refractivity (Wildman–Crippen MR) is 102 cm³/mol. The quantitative estimate of drug-likeness (QED) is 0.610. The van der Waals surface area contributed by atoms with Gasteiger partial charge in [-0.15, -0.1) is 0 Å². The summed E-state index contributed by atoms with van der Waals surface area (Å²) in [6, 6.07) is 7.30. The molecule has 2 aromatic carbocycles. The molecule has 26 heavy (non-hydrogen) atoms. The lowest BCUT2D eigenvalue weighted by Crippen LogP contribution is -2.06. The van der Waals surface area contributed by atoms with Crippen molar-refractivity contribution >= 4 is 21.4 Å². The van der Waals surface area contributed by atoms with Gasteiger partial charge in [-0.25, -0.2) is 12.8 Å². The van der Waals surface area contributed by atoms with Crippen molar-refractivity contribution in [3.05, 3.63) is 52.3 Å². The van der Waals surface area contributed by atoms with Gasteiger partial charge in [0.05, 0.1) is 4.90 Å². The van der Waals surface area contributed by atoms with E-state index in [1.54, 1.807) is 18.2 Å². The van der Waals surface area contributed by atoms with E-state index in [0.29, 0.717) is 16.4 Å². The van der Waals surface area contributed by atoms with Gasteiger partial charge in [-0.3, -0.25) is 0 Å². The van der Waals surface area contributed by atoms with Crippen molar-refractivity contribution in [3.8, 4) is 11.5 Å². The monoisotopic (exact) mass is 396 g/mol. The number of halogens is 2. The van der Waals surface area contributed by atoms with Crippen molar-refractivity contribution in [2.75, 3.05) is 6.26 Å². The van der Waals surface area contributed by atoms with E-state index in [9.17, 15) is 12.8 Å². The van der Waals surface area contributed by atoms with Gasteiger partial charge in [0.1, 0.15) is 17.3 Å². The van der Waals surface area contributed by atoms with Gasteiger partial charge in [0.25, 0.3) is 0 Å². The summed E-state index contributed by atoms with van der Waals surface area (Å²) < 4.78 is 44.0. The first-order valence-corrected chi connectivity index (χ1v) is 11.1. The third kappa shape index (κ3) is 4.04. The molecule has 3 nitrogen and oxygen atoms in total. The number of rotatable bonds is 6. The summed E-state index contributed by atoms with van der Waals surface area (Å²) in [5, 5.41) is 0.255. The molecule has 0 saturated carbocycles. The van der Waals surface area contributed by atoms with Crippen LogP contribution in [0, 0.1) is 5.82 Å². The zero-order valence-corrected chi connectivity index (χ0v) is 16.5. The lowest BCUT2D eigenvalue weighted by molar-refractivity contribution is 0.471. The molecule has 0 N–H and O–H groups in total.